The predicted molar refractivity (Wildman–Crippen MR) is 96.8 cm³/mol. The van der Waals surface area contributed by atoms with Gasteiger partial charge in [0.1, 0.15) is 0 Å². The van der Waals surface area contributed by atoms with Gasteiger partial charge in [0.05, 0.1) is 0 Å². The first-order valence-corrected chi connectivity index (χ1v) is 8.86. The third-order valence-corrected chi connectivity index (χ3v) is 5.03. The highest BCUT2D eigenvalue weighted by Crippen LogP contribution is 2.36. The summed E-state index contributed by atoms with van der Waals surface area (Å²) in [6, 6.07) is 13.6. The van der Waals surface area contributed by atoms with Crippen molar-refractivity contribution >= 4 is 26.7 Å². The lowest BCUT2D eigenvalue weighted by molar-refractivity contribution is 0.332. The smallest absolute Gasteiger partial charge is 0.0352 e. The van der Waals surface area contributed by atoms with Gasteiger partial charge in [-0.05, 0) is 48.2 Å². The van der Waals surface area contributed by atoms with Crippen LogP contribution in [-0.2, 0) is 0 Å². The molecule has 0 aromatic heterocycles. The van der Waals surface area contributed by atoms with E-state index in [0.29, 0.717) is 12.0 Å². The van der Waals surface area contributed by atoms with Gasteiger partial charge in [0, 0.05) is 10.5 Å². The molecule has 1 atom stereocenters. The molecule has 0 fully saturated rings. The number of rotatable bonds is 7. The molecule has 2 aromatic rings. The average molecular weight is 348 g/mol. The van der Waals surface area contributed by atoms with Crippen LogP contribution in [0.3, 0.4) is 0 Å². The van der Waals surface area contributed by atoms with Crippen molar-refractivity contribution in [2.75, 3.05) is 7.05 Å². The molecule has 0 spiro atoms. The monoisotopic (exact) mass is 347 g/mol. The Labute approximate surface area is 137 Å². The number of benzene rings is 2. The van der Waals surface area contributed by atoms with Crippen molar-refractivity contribution in [3.8, 4) is 0 Å². The molecular formula is C19H26BrN. The zero-order valence-corrected chi connectivity index (χ0v) is 14.9. The highest BCUT2D eigenvalue weighted by Gasteiger charge is 2.22. The van der Waals surface area contributed by atoms with Crippen molar-refractivity contribution < 1.29 is 0 Å². The molecule has 21 heavy (non-hydrogen) atoms. The molecule has 0 aliphatic heterocycles. The normalized spacial score (nSPS) is 13.0. The van der Waals surface area contributed by atoms with Crippen LogP contribution >= 0.6 is 15.9 Å². The first kappa shape index (κ1) is 16.5. The molecule has 0 radical (unpaired) electrons. The number of hydrogen-bond acceptors (Lipinski definition) is 1. The van der Waals surface area contributed by atoms with E-state index < -0.39 is 0 Å². The maximum absolute atomic E-state index is 3.68. The maximum atomic E-state index is 3.68. The maximum Gasteiger partial charge on any atom is 0.0352 e. The van der Waals surface area contributed by atoms with Crippen molar-refractivity contribution in [3.05, 3.63) is 46.4 Å². The van der Waals surface area contributed by atoms with Gasteiger partial charge in [-0.2, -0.15) is 0 Å². The third-order valence-electron chi connectivity index (χ3n) is 4.34. The van der Waals surface area contributed by atoms with E-state index in [0.717, 1.165) is 0 Å². The number of hydrogen-bond donors (Lipinski definition) is 1. The molecule has 1 nitrogen and oxygen atoms in total. The minimum Gasteiger partial charge on any atom is -0.313 e. The topological polar surface area (TPSA) is 12.0 Å². The van der Waals surface area contributed by atoms with E-state index in [4.69, 9.17) is 0 Å². The zero-order chi connectivity index (χ0) is 15.2. The quantitative estimate of drug-likeness (QED) is 0.639. The van der Waals surface area contributed by atoms with Crippen molar-refractivity contribution in [1.82, 2.24) is 5.32 Å². The van der Waals surface area contributed by atoms with E-state index >= 15 is 0 Å². The molecule has 0 aliphatic rings. The fourth-order valence-corrected chi connectivity index (χ4v) is 3.90. The second-order valence-electron chi connectivity index (χ2n) is 5.79. The molecule has 2 aromatic carbocycles. The molecule has 0 aliphatic carbocycles. The lowest BCUT2D eigenvalue weighted by Gasteiger charge is -2.28. The Morgan fingerprint density at radius 3 is 2.14 bits per heavy atom. The lowest BCUT2D eigenvalue weighted by atomic mass is 9.84. The molecule has 2 heteroatoms. The summed E-state index contributed by atoms with van der Waals surface area (Å²) in [6.07, 6.45) is 5.06. The molecule has 1 unspecified atom stereocenters. The van der Waals surface area contributed by atoms with Crippen LogP contribution in [0.5, 0.6) is 0 Å². The van der Waals surface area contributed by atoms with Crippen LogP contribution in [0.2, 0.25) is 0 Å². The molecule has 0 saturated carbocycles. The first-order valence-electron chi connectivity index (χ1n) is 8.07. The molecule has 0 bridgehead atoms. The van der Waals surface area contributed by atoms with E-state index in [1.165, 1.54) is 46.5 Å². The molecule has 2 rings (SSSR count). The summed E-state index contributed by atoms with van der Waals surface area (Å²) in [5.41, 5.74) is 1.43. The minimum absolute atomic E-state index is 0.433. The van der Waals surface area contributed by atoms with Crippen LogP contribution in [-0.4, -0.2) is 7.05 Å². The first-order chi connectivity index (χ1) is 10.2. The largest absolute Gasteiger partial charge is 0.313 e. The van der Waals surface area contributed by atoms with Gasteiger partial charge < -0.3 is 5.32 Å². The predicted octanol–water partition coefficient (Wildman–Crippen LogP) is 6.08. The van der Waals surface area contributed by atoms with Gasteiger partial charge in [-0.25, -0.2) is 0 Å². The standard InChI is InChI=1S/C19H26BrN/c1-4-8-14(9-5-2)19(21-3)17-12-13-18(20)16-11-7-6-10-15(16)17/h6-7,10-14,19,21H,4-5,8-9H2,1-3H3. The van der Waals surface area contributed by atoms with E-state index in [2.05, 4.69) is 78.5 Å². The van der Waals surface area contributed by atoms with Crippen molar-refractivity contribution in [2.45, 2.75) is 45.6 Å². The van der Waals surface area contributed by atoms with Crippen LogP contribution < -0.4 is 5.32 Å². The average Bonchev–Trinajstić information content (AvgIpc) is 2.51. The van der Waals surface area contributed by atoms with Gasteiger partial charge in [0.2, 0.25) is 0 Å². The van der Waals surface area contributed by atoms with Crippen LogP contribution in [0.4, 0.5) is 0 Å². The Balaban J connectivity index is 2.48. The van der Waals surface area contributed by atoms with Crippen molar-refractivity contribution in [3.63, 3.8) is 0 Å². The fourth-order valence-electron chi connectivity index (χ4n) is 3.42. The van der Waals surface area contributed by atoms with Gasteiger partial charge in [-0.1, -0.05) is 73.0 Å². The molecule has 1 N–H and O–H groups in total. The highest BCUT2D eigenvalue weighted by atomic mass is 79.9. The summed E-state index contributed by atoms with van der Waals surface area (Å²) in [4.78, 5) is 0. The Hall–Kier alpha value is -0.860. The Kier molecular flexibility index (Phi) is 6.25. The molecular weight excluding hydrogens is 322 g/mol. The SMILES string of the molecule is CCCC(CCC)C(NC)c1ccc(Br)c2ccccc12. The summed E-state index contributed by atoms with van der Waals surface area (Å²) in [5.74, 6) is 0.703. The van der Waals surface area contributed by atoms with Gasteiger partial charge >= 0.3 is 0 Å². The van der Waals surface area contributed by atoms with Gasteiger partial charge in [-0.15, -0.1) is 0 Å². The summed E-state index contributed by atoms with van der Waals surface area (Å²) >= 11 is 3.68. The highest BCUT2D eigenvalue weighted by molar-refractivity contribution is 9.10. The molecule has 0 amide bonds. The lowest BCUT2D eigenvalue weighted by Crippen LogP contribution is -2.25. The number of nitrogens with one attached hydrogen (secondary N) is 1. The molecule has 0 saturated heterocycles. The summed E-state index contributed by atoms with van der Waals surface area (Å²) in [7, 11) is 2.10. The van der Waals surface area contributed by atoms with Crippen LogP contribution in [0.1, 0.15) is 51.1 Å². The minimum atomic E-state index is 0.433. The Bertz CT molecular complexity index is 573. The van der Waals surface area contributed by atoms with Crippen molar-refractivity contribution in [2.24, 2.45) is 5.92 Å². The summed E-state index contributed by atoms with van der Waals surface area (Å²) < 4.78 is 1.18. The van der Waals surface area contributed by atoms with E-state index in [9.17, 15) is 0 Å². The molecule has 0 heterocycles. The van der Waals surface area contributed by atoms with Crippen LogP contribution in [0.25, 0.3) is 10.8 Å². The second kappa shape index (κ2) is 7.95. The van der Waals surface area contributed by atoms with Gasteiger partial charge in [0.15, 0.2) is 0 Å². The van der Waals surface area contributed by atoms with Gasteiger partial charge in [-0.3, -0.25) is 0 Å². The van der Waals surface area contributed by atoms with E-state index in [1.807, 2.05) is 0 Å². The number of fused-ring (bicyclic) bond motifs is 1. The Morgan fingerprint density at radius 1 is 0.952 bits per heavy atom. The second-order valence-corrected chi connectivity index (χ2v) is 6.64. The van der Waals surface area contributed by atoms with Gasteiger partial charge in [0.25, 0.3) is 0 Å². The van der Waals surface area contributed by atoms with E-state index in [-0.39, 0.29) is 0 Å². The Morgan fingerprint density at radius 2 is 1.57 bits per heavy atom. The third kappa shape index (κ3) is 3.67. The van der Waals surface area contributed by atoms with Crippen molar-refractivity contribution in [1.29, 1.82) is 0 Å². The number of halogens is 1. The van der Waals surface area contributed by atoms with Crippen LogP contribution in [0, 0.1) is 5.92 Å². The summed E-state index contributed by atoms with van der Waals surface area (Å²) in [5, 5.41) is 6.26. The summed E-state index contributed by atoms with van der Waals surface area (Å²) in [6.45, 7) is 4.57. The van der Waals surface area contributed by atoms with E-state index in [1.54, 1.807) is 0 Å². The fraction of sp³-hybridized carbons (Fsp3) is 0.474. The zero-order valence-electron chi connectivity index (χ0n) is 13.3. The van der Waals surface area contributed by atoms with Crippen LogP contribution in [0.15, 0.2) is 40.9 Å². The molecule has 114 valence electrons.